The van der Waals surface area contributed by atoms with Crippen LogP contribution in [0, 0.1) is 0 Å². The Bertz CT molecular complexity index is 1700. The Morgan fingerprint density at radius 1 is 0.784 bits per heavy atom. The molecule has 0 radical (unpaired) electrons. The Balaban J connectivity index is 1.18. The summed E-state index contributed by atoms with van der Waals surface area (Å²) in [6, 6.07) is 18.7. The van der Waals surface area contributed by atoms with Crippen molar-refractivity contribution in [1.82, 2.24) is 0 Å². The zero-order valence-electron chi connectivity index (χ0n) is 29.1. The van der Waals surface area contributed by atoms with Crippen LogP contribution in [-0.2, 0) is 23.8 Å². The first-order valence-corrected chi connectivity index (χ1v) is 18.7. The van der Waals surface area contributed by atoms with Gasteiger partial charge in [0.05, 0.1) is 32.0 Å². The van der Waals surface area contributed by atoms with Crippen LogP contribution in [0.25, 0.3) is 11.1 Å². The summed E-state index contributed by atoms with van der Waals surface area (Å²) in [6.07, 6.45) is 5.58. The number of carbonyl (C=O) groups excluding carboxylic acids is 4. The highest BCUT2D eigenvalue weighted by Crippen LogP contribution is 2.46. The summed E-state index contributed by atoms with van der Waals surface area (Å²) < 4.78 is 26.3. The minimum atomic E-state index is -0.843. The van der Waals surface area contributed by atoms with Crippen molar-refractivity contribution in [3.63, 3.8) is 0 Å². The smallest absolute Gasteiger partial charge is 0.494 e. The summed E-state index contributed by atoms with van der Waals surface area (Å²) in [5, 5.41) is -0.0579. The summed E-state index contributed by atoms with van der Waals surface area (Å²) >= 11 is 2.42. The third-order valence-corrected chi connectivity index (χ3v) is 9.96. The first-order chi connectivity index (χ1) is 24.7. The van der Waals surface area contributed by atoms with Crippen molar-refractivity contribution in [3.8, 4) is 22.6 Å². The van der Waals surface area contributed by atoms with E-state index in [0.717, 1.165) is 65.6 Å². The first kappa shape index (κ1) is 39.5. The van der Waals surface area contributed by atoms with Crippen LogP contribution in [0.5, 0.6) is 11.5 Å². The van der Waals surface area contributed by atoms with E-state index in [9.17, 15) is 19.2 Å². The zero-order valence-corrected chi connectivity index (χ0v) is 30.7. The highest BCUT2D eigenvalue weighted by molar-refractivity contribution is 8.14. The number of unbranched alkanes of at least 4 members (excludes halogenated alkanes) is 4. The van der Waals surface area contributed by atoms with E-state index in [0.29, 0.717) is 35.7 Å². The first-order valence-electron chi connectivity index (χ1n) is 16.9. The van der Waals surface area contributed by atoms with Gasteiger partial charge in [0, 0.05) is 29.2 Å². The van der Waals surface area contributed by atoms with Crippen molar-refractivity contribution in [2.75, 3.05) is 39.3 Å². The maximum absolute atomic E-state index is 13.3. The number of methoxy groups -OCH3 is 1. The molecule has 0 heterocycles. The molecule has 9 nitrogen and oxygen atoms in total. The molecule has 11 heteroatoms. The Morgan fingerprint density at radius 3 is 2.16 bits per heavy atom. The van der Waals surface area contributed by atoms with Crippen LogP contribution in [0.15, 0.2) is 90.4 Å². The van der Waals surface area contributed by atoms with Gasteiger partial charge in [0.15, 0.2) is 0 Å². The fourth-order valence-corrected chi connectivity index (χ4v) is 6.80. The Labute approximate surface area is 308 Å². The number of fused-ring (bicyclic) bond motifs is 3. The minimum Gasteiger partial charge on any atom is -0.494 e. The number of ether oxygens (including phenoxy) is 5. The topological polar surface area (TPSA) is 114 Å². The lowest BCUT2D eigenvalue weighted by molar-refractivity contribution is -0.139. The molecule has 51 heavy (non-hydrogen) atoms. The van der Waals surface area contributed by atoms with Gasteiger partial charge in [0.1, 0.15) is 11.5 Å². The molecule has 0 spiro atoms. The summed E-state index contributed by atoms with van der Waals surface area (Å²) in [5.41, 5.74) is 5.42. The van der Waals surface area contributed by atoms with Gasteiger partial charge in [-0.05, 0) is 114 Å². The van der Waals surface area contributed by atoms with Crippen LogP contribution in [0.4, 0.5) is 4.79 Å². The summed E-state index contributed by atoms with van der Waals surface area (Å²) in [5.74, 6) is 1.56. The molecule has 1 atom stereocenters. The van der Waals surface area contributed by atoms with E-state index in [1.807, 2.05) is 24.3 Å². The largest absolute Gasteiger partial charge is 0.513 e. The number of thioether (sulfide) groups is 2. The SMILES string of the molecule is C=CC(=O)SCCCCCCOc1ccc2c(c1)C(C)c1cc(C(=O)Sc3ccc(OC(=O)OCCCCOC(=O)C(=C)COC)cc3)ccc1-2. The van der Waals surface area contributed by atoms with E-state index >= 15 is 0 Å². The Hall–Kier alpha value is -4.32. The van der Waals surface area contributed by atoms with Gasteiger partial charge in [0.25, 0.3) is 0 Å². The number of benzene rings is 3. The average Bonchev–Trinajstić information content (AvgIpc) is 3.41. The van der Waals surface area contributed by atoms with E-state index in [1.54, 1.807) is 24.3 Å². The zero-order chi connectivity index (χ0) is 36.6. The second-order valence-electron chi connectivity index (χ2n) is 11.8. The molecule has 1 aliphatic carbocycles. The van der Waals surface area contributed by atoms with Gasteiger partial charge in [-0.25, -0.2) is 9.59 Å². The molecule has 0 saturated carbocycles. The van der Waals surface area contributed by atoms with E-state index < -0.39 is 12.1 Å². The molecular formula is C40H44O9S2. The number of carbonyl (C=O) groups is 4. The summed E-state index contributed by atoms with van der Waals surface area (Å²) in [7, 11) is 1.47. The van der Waals surface area contributed by atoms with E-state index in [4.69, 9.17) is 23.7 Å². The molecule has 0 fully saturated rings. The lowest BCUT2D eigenvalue weighted by atomic mass is 9.98. The molecule has 1 unspecified atom stereocenters. The fraction of sp³-hybridized carbons (Fsp3) is 0.350. The average molecular weight is 733 g/mol. The Kier molecular flexibility index (Phi) is 15.9. The van der Waals surface area contributed by atoms with Gasteiger partial charge in [-0.2, -0.15) is 0 Å². The molecule has 270 valence electrons. The summed E-state index contributed by atoms with van der Waals surface area (Å²) in [4.78, 5) is 49.0. The predicted octanol–water partition coefficient (Wildman–Crippen LogP) is 9.18. The molecule has 0 bridgehead atoms. The van der Waals surface area contributed by atoms with Gasteiger partial charge in [-0.15, -0.1) is 0 Å². The quantitative estimate of drug-likeness (QED) is 0.0364. The fourth-order valence-electron chi connectivity index (χ4n) is 5.40. The van der Waals surface area contributed by atoms with Crippen molar-refractivity contribution < 1.29 is 42.9 Å². The van der Waals surface area contributed by atoms with Crippen LogP contribution < -0.4 is 9.47 Å². The van der Waals surface area contributed by atoms with Crippen molar-refractivity contribution in [2.24, 2.45) is 0 Å². The van der Waals surface area contributed by atoms with Crippen LogP contribution in [0.1, 0.15) is 72.9 Å². The summed E-state index contributed by atoms with van der Waals surface area (Å²) in [6.45, 7) is 10.3. The van der Waals surface area contributed by atoms with E-state index in [2.05, 4.69) is 32.2 Å². The van der Waals surface area contributed by atoms with Gasteiger partial charge in [-0.1, -0.05) is 56.8 Å². The second kappa shape index (κ2) is 20.5. The third-order valence-electron chi connectivity index (χ3n) is 8.09. The van der Waals surface area contributed by atoms with E-state index in [-0.39, 0.29) is 41.5 Å². The predicted molar refractivity (Wildman–Crippen MR) is 201 cm³/mol. The Morgan fingerprint density at radius 2 is 1.43 bits per heavy atom. The van der Waals surface area contributed by atoms with Crippen LogP contribution >= 0.6 is 23.5 Å². The normalized spacial score (nSPS) is 12.7. The number of hydrogen-bond donors (Lipinski definition) is 0. The van der Waals surface area contributed by atoms with Crippen molar-refractivity contribution >= 4 is 45.9 Å². The number of rotatable bonds is 20. The van der Waals surface area contributed by atoms with Gasteiger partial charge >= 0.3 is 12.1 Å². The van der Waals surface area contributed by atoms with Crippen LogP contribution in [0.2, 0.25) is 0 Å². The van der Waals surface area contributed by atoms with Crippen molar-refractivity contribution in [3.05, 3.63) is 102 Å². The molecule has 4 rings (SSSR count). The molecule has 1 aliphatic rings. The molecular weight excluding hydrogens is 689 g/mol. The molecule has 0 aromatic heterocycles. The number of hydrogen-bond acceptors (Lipinski definition) is 11. The lowest BCUT2D eigenvalue weighted by Gasteiger charge is -2.11. The number of esters is 1. The van der Waals surface area contributed by atoms with E-state index in [1.165, 1.54) is 30.5 Å². The van der Waals surface area contributed by atoms with Crippen molar-refractivity contribution in [1.29, 1.82) is 0 Å². The van der Waals surface area contributed by atoms with Crippen LogP contribution in [-0.4, -0.2) is 61.6 Å². The second-order valence-corrected chi connectivity index (χ2v) is 14.0. The van der Waals surface area contributed by atoms with Crippen LogP contribution in [0.3, 0.4) is 0 Å². The third kappa shape index (κ3) is 12.2. The van der Waals surface area contributed by atoms with Gasteiger partial charge < -0.3 is 23.7 Å². The highest BCUT2D eigenvalue weighted by Gasteiger charge is 2.27. The minimum absolute atomic E-state index is 0.0276. The maximum Gasteiger partial charge on any atom is 0.513 e. The standard InChI is InChI=1S/C40H44O9S2/c1-5-37(41)50-23-11-7-6-8-20-46-31-15-19-34-33-18-12-29(24-35(33)28(3)36(34)25-31)39(43)51-32-16-13-30(14-17-32)49-40(44)48-22-10-9-21-47-38(42)27(2)26-45-4/h5,12-19,24-25,28H,1-2,6-11,20-23,26H2,3-4H3. The molecule has 0 saturated heterocycles. The van der Waals surface area contributed by atoms with Crippen molar-refractivity contribution in [2.45, 2.75) is 56.3 Å². The van der Waals surface area contributed by atoms with Gasteiger partial charge in [-0.3, -0.25) is 9.59 Å². The molecule has 0 amide bonds. The van der Waals surface area contributed by atoms with Gasteiger partial charge in [0.2, 0.25) is 10.2 Å². The maximum atomic E-state index is 13.3. The molecule has 0 aliphatic heterocycles. The highest BCUT2D eigenvalue weighted by atomic mass is 32.2. The molecule has 0 N–H and O–H groups in total. The monoisotopic (exact) mass is 732 g/mol. The molecule has 3 aromatic rings. The molecule has 3 aromatic carbocycles. The lowest BCUT2D eigenvalue weighted by Crippen LogP contribution is -2.13.